The summed E-state index contributed by atoms with van der Waals surface area (Å²) in [6.45, 7) is 6.70. The molecule has 1 heterocycles. The number of nitriles is 1. The van der Waals surface area contributed by atoms with Gasteiger partial charge in [-0.2, -0.15) is 5.26 Å². The highest BCUT2D eigenvalue weighted by Gasteiger charge is 2.43. The van der Waals surface area contributed by atoms with Gasteiger partial charge in [-0.1, -0.05) is 32.6 Å². The van der Waals surface area contributed by atoms with E-state index in [-0.39, 0.29) is 35.2 Å². The molecule has 1 aliphatic heterocycles. The number of ether oxygens (including phenoxy) is 2. The first-order valence-electron chi connectivity index (χ1n) is 14.2. The number of carbonyl (C=O) groups excluding carboxylic acids is 1. The van der Waals surface area contributed by atoms with Gasteiger partial charge in [0.15, 0.2) is 0 Å². The molecule has 7 heteroatoms. The molecule has 3 rings (SSSR count). The average molecular weight is 493 g/mol. The average Bonchev–Trinajstić information content (AvgIpc) is 3.13. The third-order valence-electron chi connectivity index (χ3n) is 9.19. The molecule has 3 fully saturated rings. The Morgan fingerprint density at radius 2 is 1.91 bits per heavy atom. The maximum Gasteiger partial charge on any atom is 0.305 e. The Bertz CT molecular complexity index is 665. The van der Waals surface area contributed by atoms with Crippen molar-refractivity contribution in [3.63, 3.8) is 0 Å². The molecule has 0 amide bonds. The van der Waals surface area contributed by atoms with Gasteiger partial charge >= 0.3 is 5.97 Å². The first kappa shape index (κ1) is 28.4. The van der Waals surface area contributed by atoms with Crippen LogP contribution in [0.25, 0.3) is 0 Å². The molecular formula is C28H48N2O5. The highest BCUT2D eigenvalue weighted by atomic mass is 16.5. The molecule has 0 aromatic heterocycles. The second-order valence-electron chi connectivity index (χ2n) is 11.2. The lowest BCUT2D eigenvalue weighted by molar-refractivity contribution is -0.144. The van der Waals surface area contributed by atoms with E-state index < -0.39 is 6.10 Å². The van der Waals surface area contributed by atoms with Gasteiger partial charge in [0, 0.05) is 26.1 Å². The maximum atomic E-state index is 12.0. The largest absolute Gasteiger partial charge is 0.464 e. The normalized spacial score (nSPS) is 29.3. The zero-order valence-corrected chi connectivity index (χ0v) is 21.8. The number of aliphatic hydroxyl groups is 2. The summed E-state index contributed by atoms with van der Waals surface area (Å²) >= 11 is 0. The zero-order chi connectivity index (χ0) is 25.1. The molecular weight excluding hydrogens is 444 g/mol. The van der Waals surface area contributed by atoms with Crippen molar-refractivity contribution in [2.75, 3.05) is 39.5 Å². The lowest BCUT2D eigenvalue weighted by Crippen LogP contribution is -2.40. The number of esters is 1. The van der Waals surface area contributed by atoms with E-state index in [1.807, 2.05) is 0 Å². The van der Waals surface area contributed by atoms with Gasteiger partial charge in [-0.05, 0) is 68.6 Å². The SMILES string of the molecule is CCC1(C(O)CCC[C@@H]2[C@@H](CCCCCC(=O)OCCN3CCOCC3)[C@H](C#N)C[C@H]2O)CCC1. The molecule has 0 aromatic carbocycles. The van der Waals surface area contributed by atoms with Gasteiger partial charge in [-0.25, -0.2) is 0 Å². The third-order valence-corrected chi connectivity index (χ3v) is 9.19. The fraction of sp³-hybridized carbons (Fsp3) is 0.929. The van der Waals surface area contributed by atoms with E-state index in [0.717, 1.165) is 97.1 Å². The number of carbonyl (C=O) groups is 1. The van der Waals surface area contributed by atoms with Gasteiger partial charge in [-0.15, -0.1) is 0 Å². The van der Waals surface area contributed by atoms with Crippen molar-refractivity contribution in [1.29, 1.82) is 5.26 Å². The van der Waals surface area contributed by atoms with Crippen molar-refractivity contribution >= 4 is 5.97 Å². The van der Waals surface area contributed by atoms with E-state index >= 15 is 0 Å². The molecule has 2 aliphatic carbocycles. The van der Waals surface area contributed by atoms with Crippen LogP contribution >= 0.6 is 0 Å². The van der Waals surface area contributed by atoms with Crippen LogP contribution in [0.15, 0.2) is 0 Å². The summed E-state index contributed by atoms with van der Waals surface area (Å²) < 4.78 is 10.7. The predicted octanol–water partition coefficient (Wildman–Crippen LogP) is 4.06. The molecule has 200 valence electrons. The van der Waals surface area contributed by atoms with Crippen molar-refractivity contribution in [3.8, 4) is 6.07 Å². The Hall–Kier alpha value is -1.20. The molecule has 1 unspecified atom stereocenters. The first-order valence-corrected chi connectivity index (χ1v) is 14.2. The van der Waals surface area contributed by atoms with Crippen molar-refractivity contribution in [2.45, 2.75) is 103 Å². The smallest absolute Gasteiger partial charge is 0.305 e. The van der Waals surface area contributed by atoms with E-state index in [9.17, 15) is 20.3 Å². The summed E-state index contributed by atoms with van der Waals surface area (Å²) in [5.41, 5.74) is 0.131. The fourth-order valence-corrected chi connectivity index (χ4v) is 6.58. The molecule has 35 heavy (non-hydrogen) atoms. The lowest BCUT2D eigenvalue weighted by Gasteiger charge is -2.45. The quantitative estimate of drug-likeness (QED) is 0.262. The molecule has 0 spiro atoms. The summed E-state index contributed by atoms with van der Waals surface area (Å²) in [5, 5.41) is 31.0. The Morgan fingerprint density at radius 1 is 1.17 bits per heavy atom. The molecule has 2 N–H and O–H groups in total. The Balaban J connectivity index is 1.30. The van der Waals surface area contributed by atoms with E-state index in [0.29, 0.717) is 19.4 Å². The Kier molecular flexibility index (Phi) is 11.8. The van der Waals surface area contributed by atoms with Gasteiger partial charge in [0.05, 0.1) is 37.4 Å². The van der Waals surface area contributed by atoms with Crippen LogP contribution in [-0.4, -0.2) is 72.7 Å². The fourth-order valence-electron chi connectivity index (χ4n) is 6.58. The highest BCUT2D eigenvalue weighted by molar-refractivity contribution is 5.69. The molecule has 2 saturated carbocycles. The van der Waals surface area contributed by atoms with Crippen LogP contribution in [0.4, 0.5) is 0 Å². The Labute approximate surface area is 212 Å². The van der Waals surface area contributed by atoms with Gasteiger partial charge in [0.25, 0.3) is 0 Å². The minimum Gasteiger partial charge on any atom is -0.464 e. The second kappa shape index (κ2) is 14.5. The van der Waals surface area contributed by atoms with Gasteiger partial charge in [-0.3, -0.25) is 9.69 Å². The minimum atomic E-state index is -0.410. The summed E-state index contributed by atoms with van der Waals surface area (Å²) in [6, 6.07) is 2.44. The number of nitrogens with zero attached hydrogens (tertiary/aromatic N) is 2. The molecule has 3 aliphatic rings. The first-order chi connectivity index (χ1) is 17.0. The van der Waals surface area contributed by atoms with Gasteiger partial charge in [0.2, 0.25) is 0 Å². The van der Waals surface area contributed by atoms with Crippen LogP contribution in [0.1, 0.15) is 90.4 Å². The number of hydrogen-bond donors (Lipinski definition) is 2. The van der Waals surface area contributed by atoms with Gasteiger partial charge < -0.3 is 19.7 Å². The van der Waals surface area contributed by atoms with Crippen LogP contribution in [0.3, 0.4) is 0 Å². The lowest BCUT2D eigenvalue weighted by atomic mass is 9.62. The molecule has 0 aromatic rings. The second-order valence-corrected chi connectivity index (χ2v) is 11.2. The maximum absolute atomic E-state index is 12.0. The number of rotatable bonds is 15. The number of unbranched alkanes of at least 4 members (excludes halogenated alkanes) is 2. The van der Waals surface area contributed by atoms with Crippen LogP contribution in [0, 0.1) is 34.5 Å². The van der Waals surface area contributed by atoms with Crippen LogP contribution in [0.2, 0.25) is 0 Å². The number of hydrogen-bond acceptors (Lipinski definition) is 7. The summed E-state index contributed by atoms with van der Waals surface area (Å²) in [5.74, 6) is 0.156. The molecule has 7 nitrogen and oxygen atoms in total. The van der Waals surface area contributed by atoms with E-state index in [2.05, 4.69) is 17.9 Å². The van der Waals surface area contributed by atoms with E-state index in [1.165, 1.54) is 6.42 Å². The molecule has 0 bridgehead atoms. The topological polar surface area (TPSA) is 103 Å². The van der Waals surface area contributed by atoms with Crippen molar-refractivity contribution in [2.24, 2.45) is 23.2 Å². The molecule has 5 atom stereocenters. The predicted molar refractivity (Wildman–Crippen MR) is 134 cm³/mol. The van der Waals surface area contributed by atoms with E-state index in [4.69, 9.17) is 9.47 Å². The molecule has 1 saturated heterocycles. The van der Waals surface area contributed by atoms with E-state index in [1.54, 1.807) is 0 Å². The van der Waals surface area contributed by atoms with Gasteiger partial charge in [0.1, 0.15) is 6.61 Å². The number of aliphatic hydroxyl groups excluding tert-OH is 2. The van der Waals surface area contributed by atoms with Crippen molar-refractivity contribution in [1.82, 2.24) is 4.90 Å². The Morgan fingerprint density at radius 3 is 2.57 bits per heavy atom. The highest BCUT2D eigenvalue weighted by Crippen LogP contribution is 2.48. The monoisotopic (exact) mass is 492 g/mol. The van der Waals surface area contributed by atoms with Crippen molar-refractivity contribution in [3.05, 3.63) is 0 Å². The minimum absolute atomic E-state index is 0.0845. The summed E-state index contributed by atoms with van der Waals surface area (Å²) in [4.78, 5) is 14.3. The van der Waals surface area contributed by atoms with Crippen LogP contribution in [0.5, 0.6) is 0 Å². The molecule has 0 radical (unpaired) electrons. The number of morpholine rings is 1. The summed E-state index contributed by atoms with van der Waals surface area (Å²) in [6.07, 6.45) is 11.1. The standard InChI is InChI=1S/C28H48N2O5/c1-2-28(12-7-13-28)26(32)10-6-9-24-23(22(21-29)20-25(24)31)8-4-3-5-11-27(33)35-19-16-30-14-17-34-18-15-30/h22-26,31-32H,2-20H2,1H3/t22-,23-,24+,25+,26?/m0/s1. The summed E-state index contributed by atoms with van der Waals surface area (Å²) in [7, 11) is 0. The van der Waals surface area contributed by atoms with Crippen LogP contribution < -0.4 is 0 Å². The zero-order valence-electron chi connectivity index (χ0n) is 21.8. The van der Waals surface area contributed by atoms with Crippen LogP contribution in [-0.2, 0) is 14.3 Å². The third kappa shape index (κ3) is 8.15. The van der Waals surface area contributed by atoms with Crippen molar-refractivity contribution < 1.29 is 24.5 Å².